The van der Waals surface area contributed by atoms with Crippen molar-refractivity contribution in [2.24, 2.45) is 0 Å². The molecule has 2 fully saturated rings. The lowest BCUT2D eigenvalue weighted by Crippen LogP contribution is -2.55. The van der Waals surface area contributed by atoms with Gasteiger partial charge in [-0.1, -0.05) is 53.6 Å². The lowest BCUT2D eigenvalue weighted by molar-refractivity contribution is -0.139. The Bertz CT molecular complexity index is 3120. The van der Waals surface area contributed by atoms with Crippen molar-refractivity contribution in [2.75, 3.05) is 29.1 Å². The minimum atomic E-state index is -3.80. The Morgan fingerprint density at radius 3 is 2.48 bits per heavy atom. The summed E-state index contributed by atoms with van der Waals surface area (Å²) in [6.07, 6.45) is 5.09. The second-order valence-electron chi connectivity index (χ2n) is 18.5. The molecule has 0 spiro atoms. The van der Waals surface area contributed by atoms with Gasteiger partial charge < -0.3 is 30.9 Å². The van der Waals surface area contributed by atoms with Gasteiger partial charge in [0, 0.05) is 54.6 Å². The maximum Gasteiger partial charge on any atom is 0.349 e. The van der Waals surface area contributed by atoms with Crippen LogP contribution in [0.2, 0.25) is 5.02 Å². The van der Waals surface area contributed by atoms with E-state index in [4.69, 9.17) is 21.4 Å². The number of thiophene rings is 1. The second-order valence-corrected chi connectivity index (χ2v) is 21.8. The molecule has 5 heterocycles. The molecule has 5 amide bonds. The first-order valence-electron chi connectivity index (χ1n) is 23.4. The quantitative estimate of drug-likeness (QED) is 0.0351. The van der Waals surface area contributed by atoms with Crippen LogP contribution in [0.25, 0.3) is 10.4 Å². The normalized spacial score (nSPS) is 17.8. The van der Waals surface area contributed by atoms with Gasteiger partial charge in [-0.2, -0.15) is 4.31 Å². The number of carboxylic acid groups (broad SMARTS) is 2. The molecule has 0 bridgehead atoms. The van der Waals surface area contributed by atoms with Crippen LogP contribution in [0, 0.1) is 0 Å². The minimum Gasteiger partial charge on any atom is -0.479 e. The first-order valence-corrected chi connectivity index (χ1v) is 26.2. The molecule has 2 aromatic heterocycles. The van der Waals surface area contributed by atoms with Gasteiger partial charge in [-0.05, 0) is 93.5 Å². The summed E-state index contributed by atoms with van der Waals surface area (Å²) in [7, 11) is -3.80. The number of carboxylic acids is 2. The molecule has 3 aliphatic heterocycles. The van der Waals surface area contributed by atoms with Crippen LogP contribution < -0.4 is 26.0 Å². The molecule has 2 saturated heterocycles. The number of amides is 5. The van der Waals surface area contributed by atoms with Crippen molar-refractivity contribution in [3.8, 4) is 16.2 Å². The standard InChI is InChI=1S/C49H52ClN9O12S2/c1-49(2)23-32(52-31-12-7-10-29(22-31)43-41(50)42(71-26-39(62)63)44(72-43)48(67)68)18-20-58(49)73(69,70)27-28-9-6-11-30(21-28)53-37(60)15-4-3-5-19-57-25-33(55-56-57)24-51-35-14-8-13-34-40(35)47(66)59(46(34)65)36-16-17-38(61)54-45(36)64/h6-14,21-22,25,32,36,51-52H,3-5,15-20,23-24,26-27H2,1-2H3,(H,53,60)(H,62,63)(H,67,68)(H,54,61,64)/t32-,36?/m0/s1. The fraction of sp³-hybridized carbons (Fsp3) is 0.367. The van der Waals surface area contributed by atoms with E-state index in [1.807, 2.05) is 19.9 Å². The number of aliphatic carboxylic acids is 1. The maximum atomic E-state index is 14.0. The van der Waals surface area contributed by atoms with Crippen LogP contribution in [0.1, 0.15) is 107 Å². The van der Waals surface area contributed by atoms with Gasteiger partial charge >= 0.3 is 11.9 Å². The van der Waals surface area contributed by atoms with Crippen LogP contribution in [0.4, 0.5) is 17.1 Å². The number of benzene rings is 3. The van der Waals surface area contributed by atoms with Gasteiger partial charge in [0.2, 0.25) is 27.7 Å². The molecule has 0 aliphatic carbocycles. The number of rotatable bonds is 21. The number of carbonyl (C=O) groups is 7. The first-order chi connectivity index (χ1) is 34.8. The number of fused-ring (bicyclic) bond motifs is 1. The van der Waals surface area contributed by atoms with Gasteiger partial charge in [0.15, 0.2) is 17.2 Å². The zero-order chi connectivity index (χ0) is 52.2. The number of aromatic nitrogens is 3. The molecule has 3 aromatic carbocycles. The predicted octanol–water partition coefficient (Wildman–Crippen LogP) is 6.22. The summed E-state index contributed by atoms with van der Waals surface area (Å²) in [5, 5.41) is 38.9. The van der Waals surface area contributed by atoms with E-state index < -0.39 is 63.8 Å². The zero-order valence-electron chi connectivity index (χ0n) is 39.7. The van der Waals surface area contributed by atoms with Crippen LogP contribution in [0.3, 0.4) is 0 Å². The smallest absolute Gasteiger partial charge is 0.349 e. The number of hydrogen-bond acceptors (Lipinski definition) is 15. The molecule has 5 aromatic rings. The summed E-state index contributed by atoms with van der Waals surface area (Å²) >= 11 is 7.39. The summed E-state index contributed by atoms with van der Waals surface area (Å²) in [6, 6.07) is 17.6. The van der Waals surface area contributed by atoms with E-state index in [2.05, 4.69) is 31.6 Å². The van der Waals surface area contributed by atoms with Crippen LogP contribution in [0.15, 0.2) is 72.9 Å². The number of anilines is 3. The third-order valence-electron chi connectivity index (χ3n) is 12.6. The van der Waals surface area contributed by atoms with Crippen molar-refractivity contribution in [3.05, 3.63) is 105 Å². The predicted molar refractivity (Wildman–Crippen MR) is 269 cm³/mol. The van der Waals surface area contributed by atoms with Crippen LogP contribution in [-0.4, -0.2) is 115 Å². The molecule has 0 radical (unpaired) electrons. The molecule has 1 unspecified atom stereocenters. The monoisotopic (exact) mass is 1060 g/mol. The number of nitrogens with one attached hydrogen (secondary N) is 4. The Balaban J connectivity index is 0.770. The number of sulfonamides is 1. The van der Waals surface area contributed by atoms with E-state index in [9.17, 15) is 47.1 Å². The Kier molecular flexibility index (Phi) is 15.6. The van der Waals surface area contributed by atoms with Crippen molar-refractivity contribution < 1.29 is 56.9 Å². The van der Waals surface area contributed by atoms with Crippen molar-refractivity contribution in [2.45, 2.75) is 102 Å². The van der Waals surface area contributed by atoms with E-state index in [1.165, 1.54) is 10.4 Å². The topological polar surface area (TPSA) is 289 Å². The number of unbranched alkanes of at least 4 members (excludes halogenated alkanes) is 2. The highest BCUT2D eigenvalue weighted by atomic mass is 35.5. The Hall–Kier alpha value is -7.21. The van der Waals surface area contributed by atoms with E-state index in [1.54, 1.807) is 65.5 Å². The van der Waals surface area contributed by atoms with Gasteiger partial charge in [-0.15, -0.1) is 16.4 Å². The molecule has 73 heavy (non-hydrogen) atoms. The summed E-state index contributed by atoms with van der Waals surface area (Å²) < 4.78 is 36.3. The summed E-state index contributed by atoms with van der Waals surface area (Å²) in [5.41, 5.74) is 2.83. The van der Waals surface area contributed by atoms with Gasteiger partial charge in [0.25, 0.3) is 11.8 Å². The number of aromatic carboxylic acids is 1. The Morgan fingerprint density at radius 2 is 1.73 bits per heavy atom. The Morgan fingerprint density at radius 1 is 0.959 bits per heavy atom. The van der Waals surface area contributed by atoms with E-state index in [-0.39, 0.29) is 76.8 Å². The third-order valence-corrected chi connectivity index (χ3v) is 16.4. The van der Waals surface area contributed by atoms with Crippen LogP contribution >= 0.6 is 22.9 Å². The van der Waals surface area contributed by atoms with Gasteiger partial charge in [-0.3, -0.25) is 38.9 Å². The maximum absolute atomic E-state index is 14.0. The number of nitrogens with zero attached hydrogens (tertiary/aromatic N) is 5. The molecule has 3 aliphatic rings. The first kappa shape index (κ1) is 52.1. The Labute approximate surface area is 428 Å². The molecular weight excluding hydrogens is 1010 g/mol. The number of hydrogen-bond donors (Lipinski definition) is 6. The highest BCUT2D eigenvalue weighted by Gasteiger charge is 2.46. The summed E-state index contributed by atoms with van der Waals surface area (Å²) in [4.78, 5) is 87.7. The van der Waals surface area contributed by atoms with Crippen LogP contribution in [0.5, 0.6) is 5.75 Å². The van der Waals surface area contributed by atoms with Crippen molar-refractivity contribution in [1.82, 2.24) is 29.5 Å². The molecule has 2 atom stereocenters. The average molecular weight is 1060 g/mol. The number of piperidine rings is 2. The SMILES string of the molecule is CC1(C)C[C@@H](Nc2cccc(-c3sc(C(=O)O)c(OCC(=O)O)c3Cl)c2)CCN1S(=O)(=O)Cc1cccc(NC(=O)CCCCCn2cc(CNc3cccc4c3C(=O)N(C3CCC(=O)NC3=O)C4=O)nn2)c1. The molecule has 384 valence electrons. The van der Waals surface area contributed by atoms with Crippen molar-refractivity contribution >= 4 is 91.5 Å². The molecular formula is C49H52ClN9O12S2. The van der Waals surface area contributed by atoms with Crippen molar-refractivity contribution in [1.29, 1.82) is 0 Å². The fourth-order valence-electron chi connectivity index (χ4n) is 9.36. The number of imide groups is 2. The highest BCUT2D eigenvalue weighted by molar-refractivity contribution is 7.88. The average Bonchev–Trinajstić information content (AvgIpc) is 4.00. The lowest BCUT2D eigenvalue weighted by atomic mass is 9.89. The van der Waals surface area contributed by atoms with Gasteiger partial charge in [0.05, 0.1) is 34.5 Å². The van der Waals surface area contributed by atoms with E-state index >= 15 is 0 Å². The second kappa shape index (κ2) is 21.9. The largest absolute Gasteiger partial charge is 0.479 e. The number of carbonyl (C=O) groups excluding carboxylic acids is 5. The van der Waals surface area contributed by atoms with E-state index in [0.29, 0.717) is 71.0 Å². The highest BCUT2D eigenvalue weighted by Crippen LogP contribution is 2.46. The van der Waals surface area contributed by atoms with Gasteiger partial charge in [0.1, 0.15) is 16.8 Å². The lowest BCUT2D eigenvalue weighted by Gasteiger charge is -2.45. The summed E-state index contributed by atoms with van der Waals surface area (Å²) in [5.74, 6) is -5.61. The van der Waals surface area contributed by atoms with Gasteiger partial charge in [-0.25, -0.2) is 18.0 Å². The molecule has 8 rings (SSSR count). The third kappa shape index (κ3) is 12.0. The zero-order valence-corrected chi connectivity index (χ0v) is 42.1. The molecule has 21 nitrogen and oxygen atoms in total. The summed E-state index contributed by atoms with van der Waals surface area (Å²) in [6.45, 7) is 3.99. The fourth-order valence-corrected chi connectivity index (χ4v) is 12.7. The number of ether oxygens (including phenoxy) is 1. The number of aryl methyl sites for hydroxylation is 1. The number of halogens is 1. The molecule has 24 heteroatoms. The van der Waals surface area contributed by atoms with E-state index in [0.717, 1.165) is 22.7 Å². The van der Waals surface area contributed by atoms with Crippen molar-refractivity contribution in [3.63, 3.8) is 0 Å². The molecule has 6 N–H and O–H groups in total. The van der Waals surface area contributed by atoms with Crippen LogP contribution in [-0.2, 0) is 48.0 Å². The minimum absolute atomic E-state index is 0.00773. The molecule has 0 saturated carbocycles.